The Morgan fingerprint density at radius 1 is 1.16 bits per heavy atom. The van der Waals surface area contributed by atoms with Gasteiger partial charge in [0.25, 0.3) is 0 Å². The number of nitrogens with zero attached hydrogens (tertiary/aromatic N) is 1. The average molecular weight is 447 g/mol. The van der Waals surface area contributed by atoms with Crippen molar-refractivity contribution in [3.8, 4) is 5.75 Å². The smallest absolute Gasteiger partial charge is 0.315 e. The first-order chi connectivity index (χ1) is 14.8. The molecule has 1 atom stereocenters. The van der Waals surface area contributed by atoms with Crippen LogP contribution in [0, 0.1) is 0 Å². The second kappa shape index (κ2) is 9.80. The van der Waals surface area contributed by atoms with Gasteiger partial charge in [-0.05, 0) is 55.3 Å². The molecular formula is C21H26N4O5S. The lowest BCUT2D eigenvalue weighted by Gasteiger charge is -2.18. The molecule has 1 fully saturated rings. The third-order valence-corrected chi connectivity index (χ3v) is 5.80. The van der Waals surface area contributed by atoms with Crippen LogP contribution in [0.3, 0.4) is 0 Å². The van der Waals surface area contributed by atoms with Crippen LogP contribution in [0.2, 0.25) is 0 Å². The Balaban J connectivity index is 1.45. The number of amides is 3. The van der Waals surface area contributed by atoms with Gasteiger partial charge in [0.05, 0.1) is 17.5 Å². The topological polar surface area (TPSA) is 131 Å². The molecule has 166 valence electrons. The van der Waals surface area contributed by atoms with E-state index in [1.165, 1.54) is 12.1 Å². The summed E-state index contributed by atoms with van der Waals surface area (Å²) in [6.45, 7) is 3.24. The van der Waals surface area contributed by atoms with Crippen molar-refractivity contribution in [2.45, 2.75) is 30.7 Å². The minimum Gasteiger partial charge on any atom is -0.494 e. The number of primary sulfonamides is 1. The molecule has 0 spiro atoms. The van der Waals surface area contributed by atoms with Crippen molar-refractivity contribution in [2.75, 3.05) is 24.6 Å². The highest BCUT2D eigenvalue weighted by atomic mass is 32.2. The number of benzene rings is 2. The number of nitrogens with one attached hydrogen (secondary N) is 2. The Bertz CT molecular complexity index is 1020. The van der Waals surface area contributed by atoms with Crippen LogP contribution in [0.15, 0.2) is 53.4 Å². The summed E-state index contributed by atoms with van der Waals surface area (Å²) >= 11 is 0. The molecule has 0 bridgehead atoms. The van der Waals surface area contributed by atoms with Crippen molar-refractivity contribution in [3.05, 3.63) is 54.1 Å². The molecule has 1 unspecified atom stereocenters. The molecule has 3 rings (SSSR count). The van der Waals surface area contributed by atoms with Gasteiger partial charge in [-0.15, -0.1) is 0 Å². The number of anilines is 1. The Morgan fingerprint density at radius 2 is 1.84 bits per heavy atom. The standard InChI is InChI=1S/C21H26N4O5S/c1-2-30-18-7-5-17(6-8-18)25-14-16(13-20(25)26)24-21(27)23-12-11-15-3-9-19(10-4-15)31(22,28)29/h3-10,16H,2,11-14H2,1H3,(H2,22,28,29)(H2,23,24,27). The van der Waals surface area contributed by atoms with E-state index in [2.05, 4.69) is 10.6 Å². The number of hydrogen-bond donors (Lipinski definition) is 3. The molecular weight excluding hydrogens is 420 g/mol. The molecule has 1 aliphatic heterocycles. The molecule has 2 aromatic rings. The molecule has 0 aliphatic carbocycles. The Hall–Kier alpha value is -3.11. The fraction of sp³-hybridized carbons (Fsp3) is 0.333. The Labute approximate surface area is 181 Å². The summed E-state index contributed by atoms with van der Waals surface area (Å²) in [7, 11) is -3.72. The van der Waals surface area contributed by atoms with Crippen LogP contribution in [0.1, 0.15) is 18.9 Å². The summed E-state index contributed by atoms with van der Waals surface area (Å²) in [6.07, 6.45) is 0.760. The van der Waals surface area contributed by atoms with E-state index in [4.69, 9.17) is 9.88 Å². The van der Waals surface area contributed by atoms with Gasteiger partial charge in [0.1, 0.15) is 5.75 Å². The fourth-order valence-corrected chi connectivity index (χ4v) is 3.86. The van der Waals surface area contributed by atoms with E-state index >= 15 is 0 Å². The normalized spacial score (nSPS) is 16.3. The Kier molecular flexibility index (Phi) is 7.13. The maximum absolute atomic E-state index is 12.3. The van der Waals surface area contributed by atoms with Gasteiger partial charge in [-0.1, -0.05) is 12.1 Å². The molecule has 9 nitrogen and oxygen atoms in total. The van der Waals surface area contributed by atoms with Crippen LogP contribution in [-0.2, 0) is 21.2 Å². The van der Waals surface area contributed by atoms with Crippen molar-refractivity contribution in [1.82, 2.24) is 10.6 Å². The summed E-state index contributed by atoms with van der Waals surface area (Å²) in [5, 5.41) is 10.7. The second-order valence-corrected chi connectivity index (χ2v) is 8.73. The number of sulfonamides is 1. The molecule has 3 amide bonds. The summed E-state index contributed by atoms with van der Waals surface area (Å²) in [6, 6.07) is 12.8. The van der Waals surface area contributed by atoms with Crippen LogP contribution >= 0.6 is 0 Å². The van der Waals surface area contributed by atoms with Gasteiger partial charge < -0.3 is 20.3 Å². The van der Waals surface area contributed by atoms with E-state index in [0.717, 1.165) is 17.0 Å². The van der Waals surface area contributed by atoms with Crippen LogP contribution in [0.25, 0.3) is 0 Å². The number of carbonyl (C=O) groups is 2. The van der Waals surface area contributed by atoms with Crippen molar-refractivity contribution >= 4 is 27.6 Å². The van der Waals surface area contributed by atoms with Crippen LogP contribution in [0.4, 0.5) is 10.5 Å². The lowest BCUT2D eigenvalue weighted by atomic mass is 10.1. The largest absolute Gasteiger partial charge is 0.494 e. The van der Waals surface area contributed by atoms with Gasteiger partial charge in [-0.2, -0.15) is 0 Å². The zero-order valence-electron chi connectivity index (χ0n) is 17.2. The van der Waals surface area contributed by atoms with Crippen molar-refractivity contribution in [1.29, 1.82) is 0 Å². The summed E-state index contributed by atoms with van der Waals surface area (Å²) in [4.78, 5) is 26.2. The monoisotopic (exact) mass is 446 g/mol. The SMILES string of the molecule is CCOc1ccc(N2CC(NC(=O)NCCc3ccc(S(N)(=O)=O)cc3)CC2=O)cc1. The van der Waals surface area contributed by atoms with E-state index in [-0.39, 0.29) is 29.3 Å². The lowest BCUT2D eigenvalue weighted by Crippen LogP contribution is -2.43. The van der Waals surface area contributed by atoms with Gasteiger partial charge in [0.15, 0.2) is 0 Å². The third-order valence-electron chi connectivity index (χ3n) is 4.87. The predicted molar refractivity (Wildman–Crippen MR) is 116 cm³/mol. The third kappa shape index (κ3) is 6.19. The van der Waals surface area contributed by atoms with Crippen LogP contribution < -0.4 is 25.4 Å². The molecule has 0 aromatic heterocycles. The number of carbonyl (C=O) groups excluding carboxylic acids is 2. The van der Waals surface area contributed by atoms with E-state index in [1.54, 1.807) is 17.0 Å². The summed E-state index contributed by atoms with van der Waals surface area (Å²) < 4.78 is 28.0. The fourth-order valence-electron chi connectivity index (χ4n) is 3.35. The maximum Gasteiger partial charge on any atom is 0.315 e. The van der Waals surface area contributed by atoms with Crippen molar-refractivity contribution < 1.29 is 22.7 Å². The van der Waals surface area contributed by atoms with Crippen molar-refractivity contribution in [3.63, 3.8) is 0 Å². The first kappa shape index (κ1) is 22.6. The minimum atomic E-state index is -3.72. The van der Waals surface area contributed by atoms with E-state index in [9.17, 15) is 18.0 Å². The van der Waals surface area contributed by atoms with Gasteiger partial charge >= 0.3 is 6.03 Å². The average Bonchev–Trinajstić information content (AvgIpc) is 3.08. The first-order valence-corrected chi connectivity index (χ1v) is 11.5. The van der Waals surface area contributed by atoms with Gasteiger partial charge in [0.2, 0.25) is 15.9 Å². The Morgan fingerprint density at radius 3 is 2.45 bits per heavy atom. The highest BCUT2D eigenvalue weighted by molar-refractivity contribution is 7.89. The van der Waals surface area contributed by atoms with Crippen LogP contribution in [-0.4, -0.2) is 46.1 Å². The maximum atomic E-state index is 12.3. The molecule has 1 aliphatic rings. The zero-order valence-corrected chi connectivity index (χ0v) is 18.0. The predicted octanol–water partition coefficient (Wildman–Crippen LogP) is 1.38. The lowest BCUT2D eigenvalue weighted by molar-refractivity contribution is -0.117. The van der Waals surface area contributed by atoms with E-state index in [0.29, 0.717) is 26.1 Å². The van der Waals surface area contributed by atoms with Gasteiger partial charge in [0, 0.05) is 25.2 Å². The molecule has 2 aromatic carbocycles. The van der Waals surface area contributed by atoms with E-state index < -0.39 is 10.0 Å². The molecule has 31 heavy (non-hydrogen) atoms. The first-order valence-electron chi connectivity index (χ1n) is 9.95. The number of hydrogen-bond acceptors (Lipinski definition) is 5. The molecule has 0 radical (unpaired) electrons. The highest BCUT2D eigenvalue weighted by Gasteiger charge is 2.31. The molecule has 0 saturated carbocycles. The molecule has 10 heteroatoms. The summed E-state index contributed by atoms with van der Waals surface area (Å²) in [5.74, 6) is 0.690. The zero-order chi connectivity index (χ0) is 22.4. The molecule has 4 N–H and O–H groups in total. The van der Waals surface area contributed by atoms with Crippen LogP contribution in [0.5, 0.6) is 5.75 Å². The molecule has 1 saturated heterocycles. The van der Waals surface area contributed by atoms with Gasteiger partial charge in [-0.3, -0.25) is 4.79 Å². The number of rotatable bonds is 8. The van der Waals surface area contributed by atoms with Crippen molar-refractivity contribution in [2.24, 2.45) is 5.14 Å². The van der Waals surface area contributed by atoms with E-state index in [1.807, 2.05) is 31.2 Å². The number of ether oxygens (including phenoxy) is 1. The molecule has 1 heterocycles. The number of urea groups is 1. The minimum absolute atomic E-state index is 0.0462. The second-order valence-electron chi connectivity index (χ2n) is 7.17. The quantitative estimate of drug-likeness (QED) is 0.564. The highest BCUT2D eigenvalue weighted by Crippen LogP contribution is 2.24. The summed E-state index contributed by atoms with van der Waals surface area (Å²) in [5.41, 5.74) is 1.63. The number of nitrogens with two attached hydrogens (primary N) is 1. The van der Waals surface area contributed by atoms with Gasteiger partial charge in [-0.25, -0.2) is 18.4 Å².